The van der Waals surface area contributed by atoms with Gasteiger partial charge in [0.15, 0.2) is 0 Å². The Hall–Kier alpha value is -0.780. The van der Waals surface area contributed by atoms with Crippen LogP contribution in [0.5, 0.6) is 0 Å². The van der Waals surface area contributed by atoms with Gasteiger partial charge in [-0.15, -0.1) is 12.5 Å². The maximum Gasteiger partial charge on any atom is 0.0768 e. The highest BCUT2D eigenvalue weighted by Crippen LogP contribution is 2.22. The summed E-state index contributed by atoms with van der Waals surface area (Å²) in [5.41, 5.74) is 0. The van der Waals surface area contributed by atoms with Gasteiger partial charge in [0.05, 0.1) is 6.10 Å². The smallest absolute Gasteiger partial charge is 0.0768 e. The van der Waals surface area contributed by atoms with Gasteiger partial charge in [0.2, 0.25) is 0 Å². The van der Waals surface area contributed by atoms with Crippen LogP contribution in [-0.4, -0.2) is 22.9 Å². The summed E-state index contributed by atoms with van der Waals surface area (Å²) in [6.45, 7) is 3.53. The van der Waals surface area contributed by atoms with E-state index < -0.39 is 6.10 Å². The van der Waals surface area contributed by atoms with Crippen LogP contribution in [-0.2, 0) is 0 Å². The van der Waals surface area contributed by atoms with E-state index in [1.54, 1.807) is 0 Å². The van der Waals surface area contributed by atoms with Gasteiger partial charge in [-0.3, -0.25) is 0 Å². The molecule has 17 heavy (non-hydrogen) atoms. The highest BCUT2D eigenvalue weighted by Gasteiger charge is 2.14. The highest BCUT2D eigenvalue weighted by molar-refractivity contribution is 5.04. The van der Waals surface area contributed by atoms with E-state index in [2.05, 4.69) is 18.4 Å². The zero-order valence-corrected chi connectivity index (χ0v) is 10.6. The van der Waals surface area contributed by atoms with Crippen molar-refractivity contribution < 1.29 is 10.2 Å². The van der Waals surface area contributed by atoms with Crippen molar-refractivity contribution in [3.8, 4) is 11.8 Å². The van der Waals surface area contributed by atoms with Gasteiger partial charge in [0.25, 0.3) is 0 Å². The van der Waals surface area contributed by atoms with Crippen LogP contribution in [0, 0.1) is 23.7 Å². The van der Waals surface area contributed by atoms with Crippen molar-refractivity contribution in [3.63, 3.8) is 0 Å². The molecule has 0 bridgehead atoms. The van der Waals surface area contributed by atoms with Crippen LogP contribution in [0.25, 0.3) is 0 Å². The maximum absolute atomic E-state index is 9.54. The molecule has 96 valence electrons. The third-order valence-electron chi connectivity index (χ3n) is 3.51. The summed E-state index contributed by atoms with van der Waals surface area (Å²) in [4.78, 5) is 0. The molecule has 2 nitrogen and oxygen atoms in total. The summed E-state index contributed by atoms with van der Waals surface area (Å²) < 4.78 is 0. The van der Waals surface area contributed by atoms with Crippen molar-refractivity contribution >= 4 is 0 Å². The molecule has 1 rings (SSSR count). The minimum absolute atomic E-state index is 0.00169. The Morgan fingerprint density at radius 1 is 1.29 bits per heavy atom. The SMILES string of the molecule is C=C[C@@H](O)[C@@H](CO)CCC#CC1CCCCC1. The van der Waals surface area contributed by atoms with Crippen molar-refractivity contribution in [2.24, 2.45) is 11.8 Å². The molecule has 1 fully saturated rings. The molecular weight excluding hydrogens is 212 g/mol. The third kappa shape index (κ3) is 5.39. The number of aliphatic hydroxyl groups excluding tert-OH is 2. The number of rotatable bonds is 5. The van der Waals surface area contributed by atoms with Gasteiger partial charge < -0.3 is 10.2 Å². The highest BCUT2D eigenvalue weighted by atomic mass is 16.3. The molecule has 1 saturated carbocycles. The molecule has 0 aromatic carbocycles. The molecule has 1 aliphatic carbocycles. The van der Waals surface area contributed by atoms with Crippen molar-refractivity contribution in [3.05, 3.63) is 12.7 Å². The Morgan fingerprint density at radius 3 is 2.59 bits per heavy atom. The minimum atomic E-state index is -0.614. The molecule has 2 heteroatoms. The third-order valence-corrected chi connectivity index (χ3v) is 3.51. The summed E-state index contributed by atoms with van der Waals surface area (Å²) in [6.07, 6.45) is 8.83. The van der Waals surface area contributed by atoms with Crippen LogP contribution < -0.4 is 0 Å². The molecule has 0 heterocycles. The zero-order chi connectivity index (χ0) is 12.5. The standard InChI is InChI=1S/C15H24O2/c1-2-15(17)14(12-16)11-7-6-10-13-8-4-3-5-9-13/h2,13-17H,1,3-5,7-9,11-12H2/t14-,15-/m1/s1. The molecule has 0 saturated heterocycles. The maximum atomic E-state index is 9.54. The number of aliphatic hydroxyl groups is 2. The Morgan fingerprint density at radius 2 is 2.00 bits per heavy atom. The second-order valence-electron chi connectivity index (χ2n) is 4.86. The fourth-order valence-corrected chi connectivity index (χ4v) is 2.28. The quantitative estimate of drug-likeness (QED) is 0.569. The van der Waals surface area contributed by atoms with E-state index in [9.17, 15) is 5.11 Å². The van der Waals surface area contributed by atoms with Crippen LogP contribution in [0.15, 0.2) is 12.7 Å². The molecule has 0 aliphatic heterocycles. The summed E-state index contributed by atoms with van der Waals surface area (Å²) in [7, 11) is 0. The molecule has 0 aromatic rings. The lowest BCUT2D eigenvalue weighted by atomic mass is 9.89. The lowest BCUT2D eigenvalue weighted by molar-refractivity contribution is 0.0962. The first-order chi connectivity index (χ1) is 8.27. The van der Waals surface area contributed by atoms with Crippen LogP contribution in [0.2, 0.25) is 0 Å². The van der Waals surface area contributed by atoms with Gasteiger partial charge in [-0.05, 0) is 19.3 Å². The molecule has 0 unspecified atom stereocenters. The molecule has 2 N–H and O–H groups in total. The Balaban J connectivity index is 2.25. The first-order valence-corrected chi connectivity index (χ1v) is 6.67. The van der Waals surface area contributed by atoms with E-state index in [0.29, 0.717) is 5.92 Å². The number of hydrogen-bond acceptors (Lipinski definition) is 2. The lowest BCUT2D eigenvalue weighted by Gasteiger charge is -2.17. The van der Waals surface area contributed by atoms with E-state index in [4.69, 9.17) is 5.11 Å². The monoisotopic (exact) mass is 236 g/mol. The van der Waals surface area contributed by atoms with E-state index in [-0.39, 0.29) is 12.5 Å². The Labute approximate surface area is 105 Å². The average Bonchev–Trinajstić information content (AvgIpc) is 2.39. The van der Waals surface area contributed by atoms with E-state index in [1.165, 1.54) is 38.2 Å². The summed E-state index contributed by atoms with van der Waals surface area (Å²) in [6, 6.07) is 0. The van der Waals surface area contributed by atoms with Gasteiger partial charge >= 0.3 is 0 Å². The molecule has 1 aliphatic rings. The van der Waals surface area contributed by atoms with Crippen LogP contribution in [0.3, 0.4) is 0 Å². The fourth-order valence-electron chi connectivity index (χ4n) is 2.28. The van der Waals surface area contributed by atoms with E-state index in [0.717, 1.165) is 12.8 Å². The lowest BCUT2D eigenvalue weighted by Crippen LogP contribution is -2.21. The van der Waals surface area contributed by atoms with Gasteiger partial charge in [-0.1, -0.05) is 31.3 Å². The average molecular weight is 236 g/mol. The minimum Gasteiger partial charge on any atom is -0.396 e. The normalized spacial score (nSPS) is 20.1. The largest absolute Gasteiger partial charge is 0.396 e. The molecule has 0 amide bonds. The summed E-state index contributed by atoms with van der Waals surface area (Å²) >= 11 is 0. The van der Waals surface area contributed by atoms with Gasteiger partial charge in [-0.25, -0.2) is 0 Å². The molecule has 0 aromatic heterocycles. The second-order valence-corrected chi connectivity index (χ2v) is 4.86. The topological polar surface area (TPSA) is 40.5 Å². The fraction of sp³-hybridized carbons (Fsp3) is 0.733. The van der Waals surface area contributed by atoms with E-state index >= 15 is 0 Å². The zero-order valence-electron chi connectivity index (χ0n) is 10.6. The van der Waals surface area contributed by atoms with Crippen molar-refractivity contribution in [2.75, 3.05) is 6.61 Å². The van der Waals surface area contributed by atoms with Crippen molar-refractivity contribution in [1.82, 2.24) is 0 Å². The van der Waals surface area contributed by atoms with Crippen molar-refractivity contribution in [1.29, 1.82) is 0 Å². The van der Waals surface area contributed by atoms with Crippen LogP contribution in [0.1, 0.15) is 44.9 Å². The second kappa shape index (κ2) is 8.33. The van der Waals surface area contributed by atoms with E-state index in [1.807, 2.05) is 0 Å². The van der Waals surface area contributed by atoms with Gasteiger partial charge in [-0.2, -0.15) is 0 Å². The van der Waals surface area contributed by atoms with Crippen LogP contribution in [0.4, 0.5) is 0 Å². The summed E-state index contributed by atoms with van der Waals surface area (Å²) in [5, 5.41) is 18.7. The Bertz CT molecular complexity index is 268. The first kappa shape index (κ1) is 14.3. The Kier molecular flexibility index (Phi) is 7.00. The van der Waals surface area contributed by atoms with Gasteiger partial charge in [0, 0.05) is 24.9 Å². The van der Waals surface area contributed by atoms with Gasteiger partial charge in [0.1, 0.15) is 0 Å². The first-order valence-electron chi connectivity index (χ1n) is 6.67. The molecule has 2 atom stereocenters. The van der Waals surface area contributed by atoms with Crippen molar-refractivity contribution in [2.45, 2.75) is 51.0 Å². The molecular formula is C15H24O2. The predicted molar refractivity (Wildman–Crippen MR) is 70.4 cm³/mol. The summed E-state index contributed by atoms with van der Waals surface area (Å²) in [5.74, 6) is 6.98. The molecule has 0 radical (unpaired) electrons. The number of hydrogen-bond donors (Lipinski definition) is 2. The molecule has 0 spiro atoms. The van der Waals surface area contributed by atoms with Crippen LogP contribution >= 0.6 is 0 Å². The predicted octanol–water partition coefficient (Wildman–Crippen LogP) is 2.51.